The maximum atomic E-state index is 14.2. The maximum absolute atomic E-state index is 14.2. The lowest BCUT2D eigenvalue weighted by atomic mass is 9.95. The number of ketones is 1. The summed E-state index contributed by atoms with van der Waals surface area (Å²) in [6.07, 6.45) is 31.4. The summed E-state index contributed by atoms with van der Waals surface area (Å²) >= 11 is 0. The SMILES string of the molecule is CCCCCCCC/C=C/CCCCCCCC(=O)N[C@H]1[C@H](OC[C@H]2O[C@H](OCCOP(=O)(O)O)[C@H](OC(=O)CC(=O)CCCCCCCCCCC)[C@@H](OCCCCCCCCCCCC)[C@@H]2O)O[C@H](COC)[C@@H](OP(=O)(O)O)[C@@H]1OCC[C@@H](CCCCCCC)OC. The molecule has 0 aromatic heterocycles. The van der Waals surface area contributed by atoms with Crippen molar-refractivity contribution in [2.45, 2.75) is 365 Å². The van der Waals surface area contributed by atoms with Crippen molar-refractivity contribution in [2.24, 2.45) is 0 Å². The van der Waals surface area contributed by atoms with Crippen LogP contribution in [-0.4, -0.2) is 164 Å². The van der Waals surface area contributed by atoms with Gasteiger partial charge in [0.25, 0.3) is 0 Å². The molecule has 2 heterocycles. The molecule has 0 unspecified atom stereocenters. The minimum absolute atomic E-state index is 0.0183. The third kappa shape index (κ3) is 44.4. The van der Waals surface area contributed by atoms with Crippen LogP contribution in [0.5, 0.6) is 0 Å². The van der Waals surface area contributed by atoms with Crippen LogP contribution in [0.15, 0.2) is 12.2 Å². The van der Waals surface area contributed by atoms with Gasteiger partial charge in [0.15, 0.2) is 18.7 Å². The molecule has 1 amide bonds. The van der Waals surface area contributed by atoms with E-state index in [-0.39, 0.29) is 44.5 Å². The van der Waals surface area contributed by atoms with Crippen molar-refractivity contribution in [3.63, 3.8) is 0 Å². The number of carbonyl (C=O) groups excluding carboxylic acids is 3. The van der Waals surface area contributed by atoms with Crippen LogP contribution in [0.2, 0.25) is 0 Å². The Labute approximate surface area is 567 Å². The number of esters is 1. The molecule has 11 atom stereocenters. The number of hydrogen-bond acceptors (Lipinski definition) is 17. The first-order valence-electron chi connectivity index (χ1n) is 37.0. The van der Waals surface area contributed by atoms with Crippen molar-refractivity contribution in [2.75, 3.05) is 53.9 Å². The molecule has 2 aliphatic heterocycles. The molecule has 2 aliphatic rings. The van der Waals surface area contributed by atoms with Crippen molar-refractivity contribution in [1.29, 1.82) is 0 Å². The largest absolute Gasteiger partial charge is 0.470 e. The monoisotopic (exact) mass is 1390 g/mol. The van der Waals surface area contributed by atoms with E-state index in [0.717, 1.165) is 135 Å². The number of ether oxygens (including phenoxy) is 9. The van der Waals surface area contributed by atoms with E-state index in [1.54, 1.807) is 7.11 Å². The van der Waals surface area contributed by atoms with E-state index in [1.807, 2.05) is 0 Å². The van der Waals surface area contributed by atoms with E-state index in [2.05, 4.69) is 49.7 Å². The summed E-state index contributed by atoms with van der Waals surface area (Å²) in [5.41, 5.74) is 0. The van der Waals surface area contributed by atoms with Gasteiger partial charge in [-0.05, 0) is 57.8 Å². The van der Waals surface area contributed by atoms with E-state index in [9.17, 15) is 48.2 Å². The highest BCUT2D eigenvalue weighted by Gasteiger charge is 2.53. The molecule has 0 aromatic carbocycles. The molecule has 2 saturated heterocycles. The van der Waals surface area contributed by atoms with E-state index < -0.39 is 115 Å². The zero-order valence-corrected chi connectivity index (χ0v) is 60.9. The zero-order valence-electron chi connectivity index (χ0n) is 59.1. The fourth-order valence-electron chi connectivity index (χ4n) is 12.2. The van der Waals surface area contributed by atoms with Gasteiger partial charge in [-0.2, -0.15) is 0 Å². The van der Waals surface area contributed by atoms with Crippen molar-refractivity contribution in [3.8, 4) is 0 Å². The van der Waals surface area contributed by atoms with Gasteiger partial charge in [0, 0.05) is 40.3 Å². The van der Waals surface area contributed by atoms with Crippen LogP contribution in [0.3, 0.4) is 0 Å². The number of methoxy groups -OCH3 is 2. The lowest BCUT2D eigenvalue weighted by Gasteiger charge is -2.47. The van der Waals surface area contributed by atoms with Crippen LogP contribution in [0.1, 0.15) is 297 Å². The van der Waals surface area contributed by atoms with Crippen LogP contribution >= 0.6 is 15.6 Å². The quantitative estimate of drug-likeness (QED) is 0.0108. The Kier molecular flexibility index (Phi) is 53.5. The van der Waals surface area contributed by atoms with E-state index in [0.29, 0.717) is 25.7 Å². The standard InChI is InChI=1S/C70H133NO21P2/c1-7-11-15-19-22-25-27-28-29-30-31-33-36-40-44-48-61(73)71-63-66(85-51-49-58(83-6)47-43-38-18-14-10-4)65(92-94(79,80)81)60(55-82-5)90-69(63)87-56-59-64(75)67(84-50-45-41-37-34-26-23-20-16-12-8-2)68(70(89-59)86-52-53-88-93(76,77)78)91-62(74)54-57(72)46-42-39-35-32-24-21-17-13-9-3/h28-29,58-60,63-70,75H,7-27,30-56H2,1-6H3,(H,71,73)(H2,76,77,78)(H2,79,80,81)/b29-28+/t58-,59-,60-,63-,64-,65-,66-,67+,68-,69-,70+/m1/s1. The highest BCUT2D eigenvalue weighted by Crippen LogP contribution is 2.43. The number of aliphatic hydroxyl groups is 1. The van der Waals surface area contributed by atoms with Gasteiger partial charge in [-0.15, -0.1) is 0 Å². The summed E-state index contributed by atoms with van der Waals surface area (Å²) in [5.74, 6) is -1.65. The van der Waals surface area contributed by atoms with Gasteiger partial charge in [0.05, 0.1) is 32.5 Å². The molecule has 94 heavy (non-hydrogen) atoms. The molecule has 0 saturated carbocycles. The number of rotatable bonds is 64. The Morgan fingerprint density at radius 3 is 1.49 bits per heavy atom. The number of allylic oxidation sites excluding steroid dienone is 2. The third-order valence-electron chi connectivity index (χ3n) is 17.6. The molecule has 2 rings (SSSR count). The lowest BCUT2D eigenvalue weighted by Crippen LogP contribution is -2.67. The number of amides is 1. The van der Waals surface area contributed by atoms with Crippen molar-refractivity contribution in [1.82, 2.24) is 5.32 Å². The third-order valence-corrected chi connectivity index (χ3v) is 18.6. The van der Waals surface area contributed by atoms with Gasteiger partial charge in [-0.25, -0.2) is 9.13 Å². The summed E-state index contributed by atoms with van der Waals surface area (Å²) < 4.78 is 90.5. The van der Waals surface area contributed by atoms with Gasteiger partial charge in [0.2, 0.25) is 5.91 Å². The Bertz CT molecular complexity index is 1980. The Balaban J connectivity index is 2.50. The molecule has 0 spiro atoms. The molecule has 554 valence electrons. The minimum atomic E-state index is -5.27. The van der Waals surface area contributed by atoms with Crippen molar-refractivity contribution < 1.29 is 99.9 Å². The number of phosphoric acid groups is 2. The Morgan fingerprint density at radius 2 is 0.968 bits per heavy atom. The van der Waals surface area contributed by atoms with Gasteiger partial charge in [0.1, 0.15) is 54.9 Å². The van der Waals surface area contributed by atoms with Gasteiger partial charge < -0.3 is 72.6 Å². The molecule has 22 nitrogen and oxygen atoms in total. The lowest BCUT2D eigenvalue weighted by molar-refractivity contribution is -0.327. The number of unbranched alkanes of at least 4 members (excludes halogenated alkanes) is 32. The Hall–Kier alpha value is -1.79. The topological polar surface area (TPSA) is 300 Å². The van der Waals surface area contributed by atoms with Crippen LogP contribution in [0.25, 0.3) is 0 Å². The molecule has 0 bridgehead atoms. The maximum Gasteiger partial charge on any atom is 0.470 e. The van der Waals surface area contributed by atoms with E-state index >= 15 is 0 Å². The van der Waals surface area contributed by atoms with E-state index in [4.69, 9.17) is 47.2 Å². The summed E-state index contributed by atoms with van der Waals surface area (Å²) in [6.45, 7) is 6.99. The van der Waals surface area contributed by atoms with Gasteiger partial charge in [-0.3, -0.25) is 23.4 Å². The second-order valence-corrected chi connectivity index (χ2v) is 28.4. The number of nitrogens with one attached hydrogen (secondary N) is 1. The van der Waals surface area contributed by atoms with E-state index in [1.165, 1.54) is 97.0 Å². The van der Waals surface area contributed by atoms with Gasteiger partial charge in [-0.1, -0.05) is 232 Å². The van der Waals surface area contributed by atoms with Crippen molar-refractivity contribution >= 4 is 33.3 Å². The van der Waals surface area contributed by atoms with Crippen LogP contribution in [-0.2, 0) is 75.2 Å². The average Bonchev–Trinajstić information content (AvgIpc) is 0.791. The molecule has 2 fully saturated rings. The predicted molar refractivity (Wildman–Crippen MR) is 365 cm³/mol. The average molecular weight is 1390 g/mol. The number of carbonyl (C=O) groups is 3. The smallest absolute Gasteiger partial charge is 0.454 e. The number of Topliss-reactive ketones (excluding diaryl/α,β-unsaturated/α-hetero) is 1. The predicted octanol–water partition coefficient (Wildman–Crippen LogP) is 14.8. The van der Waals surface area contributed by atoms with Crippen LogP contribution in [0.4, 0.5) is 0 Å². The number of hydrogen-bond donors (Lipinski definition) is 6. The first-order valence-corrected chi connectivity index (χ1v) is 40.0. The molecule has 6 N–H and O–H groups in total. The van der Waals surface area contributed by atoms with Gasteiger partial charge >= 0.3 is 21.6 Å². The van der Waals surface area contributed by atoms with Crippen LogP contribution < -0.4 is 5.32 Å². The highest BCUT2D eigenvalue weighted by atomic mass is 31.2. The summed E-state index contributed by atoms with van der Waals surface area (Å²) in [7, 11) is -7.23. The molecular weight excluding hydrogens is 1250 g/mol. The molecular formula is C70H133NO21P2. The second-order valence-electron chi connectivity index (χ2n) is 26.0. The number of aliphatic hydroxyl groups excluding tert-OH is 1. The molecule has 0 aliphatic carbocycles. The van der Waals surface area contributed by atoms with Crippen LogP contribution in [0, 0.1) is 0 Å². The molecule has 0 radical (unpaired) electrons. The van der Waals surface area contributed by atoms with Crippen molar-refractivity contribution in [3.05, 3.63) is 12.2 Å². The fraction of sp³-hybridized carbons (Fsp3) is 0.929. The second kappa shape index (κ2) is 56.9. The Morgan fingerprint density at radius 1 is 0.479 bits per heavy atom. The first kappa shape index (κ1) is 88.3. The summed E-state index contributed by atoms with van der Waals surface area (Å²) in [4.78, 5) is 81.0. The molecule has 0 aromatic rings. The number of phosphoric ester groups is 2. The summed E-state index contributed by atoms with van der Waals surface area (Å²) in [6, 6.07) is -1.29. The fourth-order valence-corrected chi connectivity index (χ4v) is 13.0. The molecule has 24 heteroatoms. The first-order chi connectivity index (χ1) is 45.4. The normalized spacial score (nSPS) is 22.3. The zero-order chi connectivity index (χ0) is 68.9. The highest BCUT2D eigenvalue weighted by molar-refractivity contribution is 7.46. The summed E-state index contributed by atoms with van der Waals surface area (Å²) in [5, 5.41) is 15.4. The minimum Gasteiger partial charge on any atom is -0.454 e.